The van der Waals surface area contributed by atoms with Crippen molar-refractivity contribution in [2.45, 2.75) is 31.9 Å². The molecule has 2 aromatic rings. The third-order valence-corrected chi connectivity index (χ3v) is 4.05. The molecule has 3 rings (SSSR count). The van der Waals surface area contributed by atoms with Gasteiger partial charge in [0.2, 0.25) is 0 Å². The summed E-state index contributed by atoms with van der Waals surface area (Å²) in [6.07, 6.45) is 5.25. The molecule has 1 aliphatic heterocycles. The summed E-state index contributed by atoms with van der Waals surface area (Å²) in [7, 11) is 0. The molecule has 2 heterocycles. The van der Waals surface area contributed by atoms with Gasteiger partial charge in [0.05, 0.1) is 17.7 Å². The first kappa shape index (κ1) is 14.8. The van der Waals surface area contributed by atoms with Crippen LogP contribution in [0, 0.1) is 12.7 Å². The highest BCUT2D eigenvalue weighted by Gasteiger charge is 2.29. The van der Waals surface area contributed by atoms with Crippen LogP contribution in [0.4, 0.5) is 4.39 Å². The average Bonchev–Trinajstić information content (AvgIpc) is 3.17. The first-order valence-corrected chi connectivity index (χ1v) is 7.46. The van der Waals surface area contributed by atoms with Crippen LogP contribution in [0.5, 0.6) is 0 Å². The van der Waals surface area contributed by atoms with Crippen LogP contribution >= 0.6 is 0 Å². The molecule has 5 heteroatoms. The first-order valence-electron chi connectivity index (χ1n) is 7.46. The van der Waals surface area contributed by atoms with Gasteiger partial charge in [-0.25, -0.2) is 4.39 Å². The van der Waals surface area contributed by atoms with Crippen LogP contribution in [0.3, 0.4) is 0 Å². The number of aromatic nitrogens is 1. The Labute approximate surface area is 128 Å². The number of rotatable bonds is 4. The number of amides is 1. The molecule has 0 aliphatic carbocycles. The van der Waals surface area contributed by atoms with E-state index in [1.165, 1.54) is 12.1 Å². The van der Waals surface area contributed by atoms with Crippen molar-refractivity contribution in [3.8, 4) is 0 Å². The van der Waals surface area contributed by atoms with Gasteiger partial charge in [-0.05, 0) is 43.0 Å². The van der Waals surface area contributed by atoms with Gasteiger partial charge in [-0.15, -0.1) is 0 Å². The van der Waals surface area contributed by atoms with E-state index in [4.69, 9.17) is 4.74 Å². The van der Waals surface area contributed by atoms with Gasteiger partial charge in [0.1, 0.15) is 5.82 Å². The number of aryl methyl sites for hydroxylation is 1. The fourth-order valence-corrected chi connectivity index (χ4v) is 2.83. The van der Waals surface area contributed by atoms with E-state index in [2.05, 4.69) is 10.3 Å². The molecule has 22 heavy (non-hydrogen) atoms. The molecular formula is C17H19FN2O2. The van der Waals surface area contributed by atoms with E-state index in [9.17, 15) is 9.18 Å². The number of hydrogen-bond acceptors (Lipinski definition) is 2. The molecule has 1 aromatic carbocycles. The summed E-state index contributed by atoms with van der Waals surface area (Å²) < 4.78 is 18.9. The minimum atomic E-state index is -0.289. The molecular weight excluding hydrogens is 283 g/mol. The molecule has 1 amide bonds. The monoisotopic (exact) mass is 302 g/mol. The Bertz CT molecular complexity index is 645. The summed E-state index contributed by atoms with van der Waals surface area (Å²) in [5.41, 5.74) is 2.36. The topological polar surface area (TPSA) is 54.1 Å². The standard InChI is InChI=1S/C17H19FN2O2/c1-11-9-19-10-14(11)17(21)20-16(15-3-2-8-22-15)12-4-6-13(18)7-5-12/h4-7,9-10,15-16,19H,2-3,8H2,1H3,(H,20,21). The zero-order valence-corrected chi connectivity index (χ0v) is 12.4. The molecule has 0 bridgehead atoms. The second-order valence-electron chi connectivity index (χ2n) is 5.61. The molecule has 4 nitrogen and oxygen atoms in total. The van der Waals surface area contributed by atoms with E-state index in [-0.39, 0.29) is 23.9 Å². The number of H-pyrrole nitrogens is 1. The van der Waals surface area contributed by atoms with Crippen LogP contribution < -0.4 is 5.32 Å². The van der Waals surface area contributed by atoms with Crippen molar-refractivity contribution in [3.05, 3.63) is 59.2 Å². The normalized spacial score (nSPS) is 19.1. The number of benzene rings is 1. The van der Waals surface area contributed by atoms with Crippen molar-refractivity contribution in [1.29, 1.82) is 0 Å². The lowest BCUT2D eigenvalue weighted by Crippen LogP contribution is -2.36. The highest BCUT2D eigenvalue weighted by molar-refractivity contribution is 5.95. The average molecular weight is 302 g/mol. The minimum absolute atomic E-state index is 0.0753. The van der Waals surface area contributed by atoms with Crippen LogP contribution in [0.2, 0.25) is 0 Å². The van der Waals surface area contributed by atoms with Crippen LogP contribution in [0.25, 0.3) is 0 Å². The Kier molecular flexibility index (Phi) is 4.24. The highest BCUT2D eigenvalue weighted by Crippen LogP contribution is 2.27. The number of halogens is 1. The molecule has 2 unspecified atom stereocenters. The molecule has 0 saturated carbocycles. The lowest BCUT2D eigenvalue weighted by Gasteiger charge is -2.24. The number of hydrogen-bond donors (Lipinski definition) is 2. The summed E-state index contributed by atoms with van der Waals surface area (Å²) in [6, 6.07) is 5.94. The largest absolute Gasteiger partial charge is 0.376 e. The SMILES string of the molecule is Cc1c[nH]cc1C(=O)NC(c1ccc(F)cc1)C1CCCO1. The Hall–Kier alpha value is -2.14. The zero-order valence-electron chi connectivity index (χ0n) is 12.4. The summed E-state index contributed by atoms with van der Waals surface area (Å²) in [5.74, 6) is -0.439. The quantitative estimate of drug-likeness (QED) is 0.912. The van der Waals surface area contributed by atoms with Gasteiger partial charge in [0, 0.05) is 19.0 Å². The number of ether oxygens (including phenoxy) is 1. The first-order chi connectivity index (χ1) is 10.6. The van der Waals surface area contributed by atoms with Gasteiger partial charge in [-0.2, -0.15) is 0 Å². The second kappa shape index (κ2) is 6.32. The van der Waals surface area contributed by atoms with E-state index < -0.39 is 0 Å². The van der Waals surface area contributed by atoms with E-state index in [1.54, 1.807) is 24.5 Å². The predicted molar refractivity (Wildman–Crippen MR) is 81.1 cm³/mol. The van der Waals surface area contributed by atoms with Crippen LogP contribution in [-0.2, 0) is 4.74 Å². The van der Waals surface area contributed by atoms with Crippen LogP contribution in [0.1, 0.15) is 40.4 Å². The lowest BCUT2D eigenvalue weighted by molar-refractivity contribution is 0.0672. The molecule has 0 radical (unpaired) electrons. The Morgan fingerprint density at radius 3 is 2.73 bits per heavy atom. The van der Waals surface area contributed by atoms with Crippen LogP contribution in [0.15, 0.2) is 36.7 Å². The van der Waals surface area contributed by atoms with Gasteiger partial charge in [0.15, 0.2) is 0 Å². The maximum absolute atomic E-state index is 13.1. The lowest BCUT2D eigenvalue weighted by atomic mass is 9.98. The molecule has 2 N–H and O–H groups in total. The molecule has 0 spiro atoms. The molecule has 1 fully saturated rings. The molecule has 1 aliphatic rings. The third-order valence-electron chi connectivity index (χ3n) is 4.05. The van der Waals surface area contributed by atoms with Gasteiger partial charge in [-0.1, -0.05) is 12.1 Å². The van der Waals surface area contributed by atoms with Gasteiger partial charge < -0.3 is 15.0 Å². The van der Waals surface area contributed by atoms with Crippen LogP contribution in [-0.4, -0.2) is 23.6 Å². The molecule has 1 saturated heterocycles. The summed E-state index contributed by atoms with van der Waals surface area (Å²) in [4.78, 5) is 15.4. The van der Waals surface area contributed by atoms with Crippen molar-refractivity contribution >= 4 is 5.91 Å². The summed E-state index contributed by atoms with van der Waals surface area (Å²) in [6.45, 7) is 2.58. The summed E-state index contributed by atoms with van der Waals surface area (Å²) in [5, 5.41) is 3.03. The predicted octanol–water partition coefficient (Wildman–Crippen LogP) is 3.11. The Morgan fingerprint density at radius 1 is 1.36 bits per heavy atom. The highest BCUT2D eigenvalue weighted by atomic mass is 19.1. The van der Waals surface area contributed by atoms with E-state index in [0.717, 1.165) is 24.0 Å². The summed E-state index contributed by atoms with van der Waals surface area (Å²) >= 11 is 0. The maximum atomic E-state index is 13.1. The fourth-order valence-electron chi connectivity index (χ4n) is 2.83. The van der Waals surface area contributed by atoms with E-state index in [1.807, 2.05) is 6.92 Å². The van der Waals surface area contributed by atoms with Gasteiger partial charge in [0.25, 0.3) is 5.91 Å². The van der Waals surface area contributed by atoms with Gasteiger partial charge >= 0.3 is 0 Å². The minimum Gasteiger partial charge on any atom is -0.376 e. The van der Waals surface area contributed by atoms with Crippen molar-refractivity contribution in [2.24, 2.45) is 0 Å². The molecule has 2 atom stereocenters. The molecule has 1 aromatic heterocycles. The maximum Gasteiger partial charge on any atom is 0.253 e. The van der Waals surface area contributed by atoms with Crippen molar-refractivity contribution in [1.82, 2.24) is 10.3 Å². The van der Waals surface area contributed by atoms with E-state index in [0.29, 0.717) is 12.2 Å². The van der Waals surface area contributed by atoms with Gasteiger partial charge in [-0.3, -0.25) is 4.79 Å². The smallest absolute Gasteiger partial charge is 0.253 e. The van der Waals surface area contributed by atoms with E-state index >= 15 is 0 Å². The third kappa shape index (κ3) is 3.04. The second-order valence-corrected chi connectivity index (χ2v) is 5.61. The number of carbonyl (C=O) groups is 1. The van der Waals surface area contributed by atoms with Crippen molar-refractivity contribution in [3.63, 3.8) is 0 Å². The number of aromatic amines is 1. The zero-order chi connectivity index (χ0) is 15.5. The number of nitrogens with one attached hydrogen (secondary N) is 2. The van der Waals surface area contributed by atoms with Crippen molar-refractivity contribution < 1.29 is 13.9 Å². The Balaban J connectivity index is 1.84. The molecule has 116 valence electrons. The Morgan fingerprint density at radius 2 is 2.14 bits per heavy atom. The van der Waals surface area contributed by atoms with Crippen molar-refractivity contribution in [2.75, 3.05) is 6.61 Å². The fraction of sp³-hybridized carbons (Fsp3) is 0.353. The number of carbonyl (C=O) groups excluding carboxylic acids is 1.